The molecule has 0 aliphatic carbocycles. The Labute approximate surface area is 306 Å². The molecule has 53 heavy (non-hydrogen) atoms. The zero-order valence-corrected chi connectivity index (χ0v) is 28.6. The molecule has 0 fully saturated rings. The van der Waals surface area contributed by atoms with E-state index in [2.05, 4.69) is 143 Å². The minimum atomic E-state index is 0.859. The van der Waals surface area contributed by atoms with E-state index in [0.717, 1.165) is 94.8 Å². The van der Waals surface area contributed by atoms with Crippen molar-refractivity contribution in [2.75, 3.05) is 0 Å². The first kappa shape index (κ1) is 30.6. The number of benzene rings is 6. The first-order chi connectivity index (χ1) is 26.3. The molecule has 0 aliphatic heterocycles. The van der Waals surface area contributed by atoms with Crippen molar-refractivity contribution in [1.29, 1.82) is 0 Å². The van der Waals surface area contributed by atoms with Crippen LogP contribution in [0.5, 0.6) is 0 Å². The van der Waals surface area contributed by atoms with Gasteiger partial charge in [0.05, 0.1) is 39.3 Å². The summed E-state index contributed by atoms with van der Waals surface area (Å²) < 4.78 is 2.26. The van der Waals surface area contributed by atoms with Crippen molar-refractivity contribution < 1.29 is 0 Å². The molecule has 0 radical (unpaired) electrons. The van der Waals surface area contributed by atoms with Gasteiger partial charge in [0.15, 0.2) is 0 Å². The maximum atomic E-state index is 5.42. The number of aromatic nitrogens is 5. The summed E-state index contributed by atoms with van der Waals surface area (Å²) in [4.78, 5) is 20.1. The summed E-state index contributed by atoms with van der Waals surface area (Å²) in [7, 11) is 0. The second kappa shape index (κ2) is 12.8. The zero-order chi connectivity index (χ0) is 35.1. The molecule has 0 saturated carbocycles. The number of rotatable bonds is 6. The number of nitrogens with zero attached hydrogens (tertiary/aromatic N) is 5. The molecular weight excluding hydrogens is 647 g/mol. The smallest absolute Gasteiger partial charge is 0.145 e. The number of para-hydroxylation sites is 2. The molecule has 10 rings (SSSR count). The van der Waals surface area contributed by atoms with Crippen LogP contribution < -0.4 is 0 Å². The molecule has 6 aromatic carbocycles. The van der Waals surface area contributed by atoms with Gasteiger partial charge in [0.1, 0.15) is 5.82 Å². The molecule has 4 aromatic heterocycles. The molecule has 248 valence electrons. The Balaban J connectivity index is 1.09. The standard InChI is InChI=1S/C48H31N5/c1-3-12-36(13-4-1)48-52-47-44(53(48)37-14-5-2-6-15-37)30-29-39-38-16-7-8-17-41(38)51-46(45(39)47)35-27-23-33(24-28-35)32-21-25-34(26-22-32)40-19-11-20-43(50-40)42-18-9-10-31-49-42/h1-31H. The Kier molecular flexibility index (Phi) is 7.40. The molecule has 0 bridgehead atoms. The highest BCUT2D eigenvalue weighted by atomic mass is 15.1. The van der Waals surface area contributed by atoms with Gasteiger partial charge in [-0.15, -0.1) is 0 Å². The van der Waals surface area contributed by atoms with Gasteiger partial charge in [-0.1, -0.05) is 133 Å². The fourth-order valence-corrected chi connectivity index (χ4v) is 7.32. The highest BCUT2D eigenvalue weighted by molar-refractivity contribution is 6.20. The Bertz CT molecular complexity index is 2900. The minimum Gasteiger partial charge on any atom is -0.292 e. The third-order valence-corrected chi connectivity index (χ3v) is 9.89. The van der Waals surface area contributed by atoms with Gasteiger partial charge in [-0.05, 0) is 65.0 Å². The Hall–Kier alpha value is -7.24. The van der Waals surface area contributed by atoms with Crippen LogP contribution in [0.15, 0.2) is 188 Å². The van der Waals surface area contributed by atoms with E-state index in [1.54, 1.807) is 6.20 Å². The van der Waals surface area contributed by atoms with Crippen molar-refractivity contribution in [3.63, 3.8) is 0 Å². The number of hydrogen-bond acceptors (Lipinski definition) is 4. The number of pyridine rings is 3. The van der Waals surface area contributed by atoms with Gasteiger partial charge in [-0.3, -0.25) is 9.55 Å². The van der Waals surface area contributed by atoms with Crippen LogP contribution in [0.3, 0.4) is 0 Å². The fourth-order valence-electron chi connectivity index (χ4n) is 7.32. The lowest BCUT2D eigenvalue weighted by Gasteiger charge is -2.13. The molecule has 0 atom stereocenters. The summed E-state index contributed by atoms with van der Waals surface area (Å²) in [6, 6.07) is 63.0. The molecule has 5 heteroatoms. The summed E-state index contributed by atoms with van der Waals surface area (Å²) in [5.41, 5.74) is 13.0. The van der Waals surface area contributed by atoms with Gasteiger partial charge in [-0.2, -0.15) is 0 Å². The van der Waals surface area contributed by atoms with Gasteiger partial charge in [-0.25, -0.2) is 15.0 Å². The average Bonchev–Trinajstić information content (AvgIpc) is 3.65. The highest BCUT2D eigenvalue weighted by Gasteiger charge is 2.20. The van der Waals surface area contributed by atoms with Crippen molar-refractivity contribution in [3.05, 3.63) is 188 Å². The molecule has 4 heterocycles. The van der Waals surface area contributed by atoms with Gasteiger partial charge in [0.2, 0.25) is 0 Å². The topological polar surface area (TPSA) is 56.5 Å². The van der Waals surface area contributed by atoms with Crippen LogP contribution in [0.4, 0.5) is 0 Å². The molecular formula is C48H31N5. The van der Waals surface area contributed by atoms with E-state index in [9.17, 15) is 0 Å². The van der Waals surface area contributed by atoms with E-state index in [0.29, 0.717) is 0 Å². The molecule has 0 aliphatic rings. The van der Waals surface area contributed by atoms with Crippen molar-refractivity contribution in [2.45, 2.75) is 0 Å². The van der Waals surface area contributed by atoms with Crippen LogP contribution in [0.2, 0.25) is 0 Å². The normalized spacial score (nSPS) is 11.4. The quantitative estimate of drug-likeness (QED) is 0.164. The number of imidazole rings is 1. The summed E-state index contributed by atoms with van der Waals surface area (Å²) in [6.45, 7) is 0. The predicted octanol–water partition coefficient (Wildman–Crippen LogP) is 11.9. The van der Waals surface area contributed by atoms with E-state index >= 15 is 0 Å². The Morgan fingerprint density at radius 2 is 1.02 bits per heavy atom. The lowest BCUT2D eigenvalue weighted by atomic mass is 9.96. The van der Waals surface area contributed by atoms with Crippen LogP contribution in [0.1, 0.15) is 0 Å². The lowest BCUT2D eigenvalue weighted by Crippen LogP contribution is -1.97. The number of hydrogen-bond donors (Lipinski definition) is 0. The van der Waals surface area contributed by atoms with E-state index < -0.39 is 0 Å². The van der Waals surface area contributed by atoms with Crippen LogP contribution in [0.25, 0.3) is 94.8 Å². The second-order valence-corrected chi connectivity index (χ2v) is 13.1. The molecule has 0 saturated heterocycles. The third kappa shape index (κ3) is 5.43. The zero-order valence-electron chi connectivity index (χ0n) is 28.6. The second-order valence-electron chi connectivity index (χ2n) is 13.1. The van der Waals surface area contributed by atoms with Crippen LogP contribution >= 0.6 is 0 Å². The van der Waals surface area contributed by atoms with Gasteiger partial charge in [0.25, 0.3) is 0 Å². The molecule has 0 N–H and O–H groups in total. The molecule has 0 amide bonds. The van der Waals surface area contributed by atoms with E-state index in [1.165, 1.54) is 0 Å². The Morgan fingerprint density at radius 1 is 0.377 bits per heavy atom. The molecule has 0 unspecified atom stereocenters. The van der Waals surface area contributed by atoms with E-state index in [1.807, 2.05) is 48.5 Å². The van der Waals surface area contributed by atoms with E-state index in [4.69, 9.17) is 15.0 Å². The lowest BCUT2D eigenvalue weighted by molar-refractivity contribution is 1.10. The SMILES string of the molecule is c1ccc(-c2nc3c4c(-c5ccc(-c6ccc(-c7cccc(-c8ccccn8)n7)cc6)cc5)nc5ccccc5c4ccc3n2-c2ccccc2)cc1. The first-order valence-electron chi connectivity index (χ1n) is 17.7. The Morgan fingerprint density at radius 3 is 1.77 bits per heavy atom. The summed E-state index contributed by atoms with van der Waals surface area (Å²) in [6.07, 6.45) is 1.80. The third-order valence-electron chi connectivity index (χ3n) is 9.89. The van der Waals surface area contributed by atoms with Gasteiger partial charge in [0, 0.05) is 39.3 Å². The van der Waals surface area contributed by atoms with Crippen molar-refractivity contribution in [2.24, 2.45) is 0 Å². The molecule has 10 aromatic rings. The van der Waals surface area contributed by atoms with Crippen molar-refractivity contribution in [1.82, 2.24) is 24.5 Å². The summed E-state index contributed by atoms with van der Waals surface area (Å²) >= 11 is 0. The van der Waals surface area contributed by atoms with Crippen LogP contribution in [-0.4, -0.2) is 24.5 Å². The van der Waals surface area contributed by atoms with Crippen LogP contribution in [0, 0.1) is 0 Å². The van der Waals surface area contributed by atoms with Crippen molar-refractivity contribution >= 4 is 32.7 Å². The minimum absolute atomic E-state index is 0.859. The number of fused-ring (bicyclic) bond motifs is 5. The summed E-state index contributed by atoms with van der Waals surface area (Å²) in [5, 5.41) is 3.29. The first-order valence-corrected chi connectivity index (χ1v) is 17.7. The summed E-state index contributed by atoms with van der Waals surface area (Å²) in [5.74, 6) is 0.899. The maximum absolute atomic E-state index is 5.42. The maximum Gasteiger partial charge on any atom is 0.145 e. The molecule has 5 nitrogen and oxygen atoms in total. The van der Waals surface area contributed by atoms with Gasteiger partial charge < -0.3 is 0 Å². The van der Waals surface area contributed by atoms with Crippen LogP contribution in [-0.2, 0) is 0 Å². The largest absolute Gasteiger partial charge is 0.292 e. The van der Waals surface area contributed by atoms with E-state index in [-0.39, 0.29) is 0 Å². The fraction of sp³-hybridized carbons (Fsp3) is 0. The monoisotopic (exact) mass is 677 g/mol. The molecule has 0 spiro atoms. The van der Waals surface area contributed by atoms with Crippen molar-refractivity contribution in [3.8, 4) is 62.1 Å². The average molecular weight is 678 g/mol. The predicted molar refractivity (Wildman–Crippen MR) is 217 cm³/mol. The van der Waals surface area contributed by atoms with Gasteiger partial charge >= 0.3 is 0 Å². The highest BCUT2D eigenvalue weighted by Crippen LogP contribution is 2.40.